The van der Waals surface area contributed by atoms with Gasteiger partial charge in [0.25, 0.3) is 0 Å². The lowest BCUT2D eigenvalue weighted by Gasteiger charge is -2.32. The molecule has 0 saturated carbocycles. The second-order valence-electron chi connectivity index (χ2n) is 6.86. The molecule has 3 aromatic rings. The summed E-state index contributed by atoms with van der Waals surface area (Å²) >= 11 is 12.5. The minimum absolute atomic E-state index is 0.146. The molecule has 144 valence electrons. The SMILES string of the molecule is COC(=O)[C@H]1CCCN(c2ncnc3cc(Cl)c(-c4ccc(Cl)cc4)cc23)C1. The van der Waals surface area contributed by atoms with Crippen molar-refractivity contribution in [3.63, 3.8) is 0 Å². The first-order valence-corrected chi connectivity index (χ1v) is 9.85. The van der Waals surface area contributed by atoms with Crippen molar-refractivity contribution in [3.8, 4) is 11.1 Å². The summed E-state index contributed by atoms with van der Waals surface area (Å²) in [6.45, 7) is 1.41. The van der Waals surface area contributed by atoms with Crippen LogP contribution in [0.5, 0.6) is 0 Å². The van der Waals surface area contributed by atoms with Crippen LogP contribution in [0.15, 0.2) is 42.7 Å². The number of carbonyl (C=O) groups is 1. The number of rotatable bonds is 3. The van der Waals surface area contributed by atoms with E-state index in [1.165, 1.54) is 13.4 Å². The van der Waals surface area contributed by atoms with Crippen LogP contribution in [-0.2, 0) is 9.53 Å². The van der Waals surface area contributed by atoms with Crippen LogP contribution >= 0.6 is 23.2 Å². The normalized spacial score (nSPS) is 17.0. The minimum Gasteiger partial charge on any atom is -0.469 e. The van der Waals surface area contributed by atoms with Gasteiger partial charge in [0.15, 0.2) is 0 Å². The van der Waals surface area contributed by atoms with E-state index in [1.807, 2.05) is 36.4 Å². The van der Waals surface area contributed by atoms with Crippen molar-refractivity contribution < 1.29 is 9.53 Å². The number of aromatic nitrogens is 2. The van der Waals surface area contributed by atoms with E-state index in [9.17, 15) is 4.79 Å². The number of benzene rings is 2. The van der Waals surface area contributed by atoms with Crippen molar-refractivity contribution in [3.05, 3.63) is 52.8 Å². The number of carbonyl (C=O) groups excluding carboxylic acids is 1. The van der Waals surface area contributed by atoms with Crippen LogP contribution in [0.2, 0.25) is 10.0 Å². The number of nitrogens with zero attached hydrogens (tertiary/aromatic N) is 3. The van der Waals surface area contributed by atoms with E-state index < -0.39 is 0 Å². The molecular weight excluding hydrogens is 397 g/mol. The van der Waals surface area contributed by atoms with Gasteiger partial charge in [0.1, 0.15) is 12.1 Å². The zero-order chi connectivity index (χ0) is 19.7. The summed E-state index contributed by atoms with van der Waals surface area (Å²) in [7, 11) is 1.43. The maximum atomic E-state index is 12.0. The summed E-state index contributed by atoms with van der Waals surface area (Å²) < 4.78 is 4.94. The van der Waals surface area contributed by atoms with Crippen LogP contribution in [0.25, 0.3) is 22.0 Å². The van der Waals surface area contributed by atoms with Gasteiger partial charge in [-0.05, 0) is 42.7 Å². The predicted molar refractivity (Wildman–Crippen MR) is 112 cm³/mol. The number of halogens is 2. The number of hydrogen-bond acceptors (Lipinski definition) is 5. The maximum absolute atomic E-state index is 12.0. The molecule has 0 aliphatic carbocycles. The molecule has 28 heavy (non-hydrogen) atoms. The molecule has 0 spiro atoms. The van der Waals surface area contributed by atoms with Gasteiger partial charge in [0.2, 0.25) is 0 Å². The highest BCUT2D eigenvalue weighted by Gasteiger charge is 2.28. The van der Waals surface area contributed by atoms with Crippen LogP contribution in [0, 0.1) is 5.92 Å². The number of methoxy groups -OCH3 is 1. The van der Waals surface area contributed by atoms with Gasteiger partial charge in [-0.3, -0.25) is 4.79 Å². The zero-order valence-corrected chi connectivity index (χ0v) is 16.9. The third kappa shape index (κ3) is 3.64. The van der Waals surface area contributed by atoms with Crippen molar-refractivity contribution in [2.45, 2.75) is 12.8 Å². The molecule has 0 amide bonds. The lowest BCUT2D eigenvalue weighted by molar-refractivity contribution is -0.145. The fourth-order valence-corrected chi connectivity index (χ4v) is 4.09. The fraction of sp³-hybridized carbons (Fsp3) is 0.286. The standard InChI is InChI=1S/C21H19Cl2N3O2/c1-28-21(27)14-3-2-8-26(11-14)20-17-9-16(13-4-6-15(22)7-5-13)18(23)10-19(17)24-12-25-20/h4-7,9-10,12,14H,2-3,8,11H2,1H3/t14-/m0/s1. The summed E-state index contributed by atoms with van der Waals surface area (Å²) in [4.78, 5) is 23.1. The van der Waals surface area contributed by atoms with Crippen LogP contribution in [0.1, 0.15) is 12.8 Å². The van der Waals surface area contributed by atoms with Gasteiger partial charge in [-0.2, -0.15) is 0 Å². The molecule has 1 fully saturated rings. The van der Waals surface area contributed by atoms with Gasteiger partial charge in [-0.25, -0.2) is 9.97 Å². The second kappa shape index (κ2) is 7.94. The van der Waals surface area contributed by atoms with Crippen LogP contribution in [0.3, 0.4) is 0 Å². The van der Waals surface area contributed by atoms with E-state index in [-0.39, 0.29) is 11.9 Å². The molecule has 5 nitrogen and oxygen atoms in total. The van der Waals surface area contributed by atoms with Gasteiger partial charge >= 0.3 is 5.97 Å². The van der Waals surface area contributed by atoms with E-state index in [1.54, 1.807) is 0 Å². The molecule has 0 unspecified atom stereocenters. The topological polar surface area (TPSA) is 55.3 Å². The molecule has 7 heteroatoms. The number of piperidine rings is 1. The third-order valence-corrected chi connectivity index (χ3v) is 5.68. The molecule has 2 heterocycles. The van der Waals surface area contributed by atoms with Gasteiger partial charge in [-0.15, -0.1) is 0 Å². The highest BCUT2D eigenvalue weighted by Crippen LogP contribution is 2.36. The average molecular weight is 416 g/mol. The highest BCUT2D eigenvalue weighted by atomic mass is 35.5. The molecule has 0 N–H and O–H groups in total. The largest absolute Gasteiger partial charge is 0.469 e. The summed E-state index contributed by atoms with van der Waals surface area (Å²) in [5, 5.41) is 2.19. The molecular formula is C21H19Cl2N3O2. The van der Waals surface area contributed by atoms with Crippen LogP contribution in [-0.4, -0.2) is 36.1 Å². The minimum atomic E-state index is -0.173. The molecule has 1 aliphatic heterocycles. The lowest BCUT2D eigenvalue weighted by Crippen LogP contribution is -2.39. The summed E-state index contributed by atoms with van der Waals surface area (Å²) in [5.74, 6) is 0.491. The molecule has 2 aromatic carbocycles. The Hall–Kier alpha value is -2.37. The molecule has 1 saturated heterocycles. The Morgan fingerprint density at radius 2 is 1.96 bits per heavy atom. The first-order chi connectivity index (χ1) is 13.6. The Labute approximate surface area is 173 Å². The Morgan fingerprint density at radius 1 is 1.18 bits per heavy atom. The van der Waals surface area contributed by atoms with Gasteiger partial charge in [0.05, 0.1) is 23.6 Å². The van der Waals surface area contributed by atoms with Gasteiger partial charge < -0.3 is 9.64 Å². The number of fused-ring (bicyclic) bond motifs is 1. The van der Waals surface area contributed by atoms with E-state index >= 15 is 0 Å². The second-order valence-corrected chi connectivity index (χ2v) is 7.71. The summed E-state index contributed by atoms with van der Waals surface area (Å²) in [5.41, 5.74) is 2.63. The maximum Gasteiger partial charge on any atom is 0.310 e. The molecule has 0 bridgehead atoms. The number of ether oxygens (including phenoxy) is 1. The molecule has 1 aromatic heterocycles. The van der Waals surface area contributed by atoms with E-state index in [2.05, 4.69) is 14.9 Å². The van der Waals surface area contributed by atoms with Gasteiger partial charge in [-0.1, -0.05) is 35.3 Å². The van der Waals surface area contributed by atoms with Crippen molar-refractivity contribution in [2.75, 3.05) is 25.1 Å². The van der Waals surface area contributed by atoms with Crippen molar-refractivity contribution in [1.29, 1.82) is 0 Å². The van der Waals surface area contributed by atoms with Crippen LogP contribution < -0.4 is 4.90 Å². The van der Waals surface area contributed by atoms with E-state index in [4.69, 9.17) is 27.9 Å². The molecule has 4 rings (SSSR count). The first kappa shape index (κ1) is 19.0. The summed E-state index contributed by atoms with van der Waals surface area (Å²) in [6.07, 6.45) is 3.27. The van der Waals surface area contributed by atoms with Crippen molar-refractivity contribution >= 4 is 45.9 Å². The third-order valence-electron chi connectivity index (χ3n) is 5.11. The quantitative estimate of drug-likeness (QED) is 0.563. The first-order valence-electron chi connectivity index (χ1n) is 9.10. The van der Waals surface area contributed by atoms with Crippen LogP contribution in [0.4, 0.5) is 5.82 Å². The smallest absolute Gasteiger partial charge is 0.310 e. The van der Waals surface area contributed by atoms with E-state index in [0.717, 1.165) is 47.2 Å². The molecule has 1 aliphatic rings. The Morgan fingerprint density at radius 3 is 2.71 bits per heavy atom. The number of hydrogen-bond donors (Lipinski definition) is 0. The Kier molecular flexibility index (Phi) is 5.38. The number of esters is 1. The lowest BCUT2D eigenvalue weighted by atomic mass is 9.97. The zero-order valence-electron chi connectivity index (χ0n) is 15.4. The van der Waals surface area contributed by atoms with E-state index in [0.29, 0.717) is 16.6 Å². The monoisotopic (exact) mass is 415 g/mol. The predicted octanol–water partition coefficient (Wildman–Crippen LogP) is 4.99. The Bertz CT molecular complexity index is 1020. The Balaban J connectivity index is 1.78. The fourth-order valence-electron chi connectivity index (χ4n) is 3.70. The average Bonchev–Trinajstić information content (AvgIpc) is 2.73. The summed E-state index contributed by atoms with van der Waals surface area (Å²) in [6, 6.07) is 11.4. The number of anilines is 1. The van der Waals surface area contributed by atoms with Gasteiger partial charge in [0, 0.05) is 29.1 Å². The molecule has 0 radical (unpaired) electrons. The van der Waals surface area contributed by atoms with Crippen molar-refractivity contribution in [2.24, 2.45) is 5.92 Å². The van der Waals surface area contributed by atoms with Crippen molar-refractivity contribution in [1.82, 2.24) is 9.97 Å². The highest BCUT2D eigenvalue weighted by molar-refractivity contribution is 6.34. The molecule has 1 atom stereocenters.